The molecule has 0 saturated heterocycles. The van der Waals surface area contributed by atoms with Gasteiger partial charge >= 0.3 is 17.8 Å². The van der Waals surface area contributed by atoms with Crippen LogP contribution in [0, 0.1) is 0 Å². The van der Waals surface area contributed by atoms with Gasteiger partial charge in [-0.25, -0.2) is 9.59 Å². The van der Waals surface area contributed by atoms with E-state index in [4.69, 9.17) is 9.15 Å². The van der Waals surface area contributed by atoms with E-state index >= 15 is 0 Å². The Balaban J connectivity index is 1.80. The second-order valence-electron chi connectivity index (χ2n) is 4.80. The van der Waals surface area contributed by atoms with Crippen molar-refractivity contribution in [3.63, 3.8) is 0 Å². The summed E-state index contributed by atoms with van der Waals surface area (Å²) in [7, 11) is 0. The van der Waals surface area contributed by atoms with E-state index in [9.17, 15) is 27.6 Å². The van der Waals surface area contributed by atoms with E-state index in [-0.39, 0.29) is 11.3 Å². The predicted molar refractivity (Wildman–Crippen MR) is 78.0 cm³/mol. The first-order valence-electron chi connectivity index (χ1n) is 6.89. The minimum Gasteiger partial charge on any atom is -0.482 e. The molecule has 1 N–H and O–H groups in total. The van der Waals surface area contributed by atoms with Crippen molar-refractivity contribution in [3.8, 4) is 5.75 Å². The third kappa shape index (κ3) is 6.16. The summed E-state index contributed by atoms with van der Waals surface area (Å²) in [5.41, 5.74) is -0.293. The number of hydrogen-bond acceptors (Lipinski definition) is 6. The van der Waals surface area contributed by atoms with Crippen LogP contribution in [0.4, 0.5) is 13.2 Å². The number of hydrogen-bond donors (Lipinski definition) is 1. The zero-order valence-electron chi connectivity index (χ0n) is 12.6. The monoisotopic (exact) mass is 359 g/mol. The van der Waals surface area contributed by atoms with Gasteiger partial charge in [0, 0.05) is 17.5 Å². The van der Waals surface area contributed by atoms with E-state index in [2.05, 4.69) is 4.74 Å². The van der Waals surface area contributed by atoms with E-state index < -0.39 is 43.4 Å². The van der Waals surface area contributed by atoms with Crippen LogP contribution in [0.3, 0.4) is 0 Å². The largest absolute Gasteiger partial charge is 0.482 e. The van der Waals surface area contributed by atoms with Crippen LogP contribution in [0.1, 0.15) is 0 Å². The molecule has 0 aliphatic carbocycles. The molecule has 1 amide bonds. The number of alkyl halides is 3. The van der Waals surface area contributed by atoms with Gasteiger partial charge in [-0.15, -0.1) is 0 Å². The van der Waals surface area contributed by atoms with Gasteiger partial charge in [-0.05, 0) is 18.2 Å². The molecule has 2 rings (SSSR count). The van der Waals surface area contributed by atoms with Crippen LogP contribution < -0.4 is 15.7 Å². The third-order valence-corrected chi connectivity index (χ3v) is 2.80. The topological polar surface area (TPSA) is 94.8 Å². The molecule has 1 aromatic carbocycles. The molecule has 0 aliphatic rings. The minimum absolute atomic E-state index is 0.209. The highest BCUT2D eigenvalue weighted by Crippen LogP contribution is 2.19. The molecule has 0 fully saturated rings. The molecule has 0 saturated carbocycles. The van der Waals surface area contributed by atoms with Gasteiger partial charge in [0.25, 0.3) is 5.91 Å². The average Bonchev–Trinajstić information content (AvgIpc) is 2.55. The van der Waals surface area contributed by atoms with Crippen molar-refractivity contribution in [1.29, 1.82) is 0 Å². The lowest BCUT2D eigenvalue weighted by molar-refractivity contribution is -0.152. The van der Waals surface area contributed by atoms with Crippen LogP contribution >= 0.6 is 0 Å². The van der Waals surface area contributed by atoms with Gasteiger partial charge in [-0.3, -0.25) is 4.79 Å². The molecule has 1 aromatic heterocycles. The van der Waals surface area contributed by atoms with E-state index in [0.717, 1.165) is 0 Å². The number of benzene rings is 1. The van der Waals surface area contributed by atoms with Gasteiger partial charge in [-0.2, -0.15) is 13.2 Å². The van der Waals surface area contributed by atoms with Crippen LogP contribution in [-0.4, -0.2) is 37.8 Å². The van der Waals surface area contributed by atoms with Crippen molar-refractivity contribution in [2.75, 3.05) is 19.8 Å². The minimum atomic E-state index is -4.55. The maximum atomic E-state index is 11.9. The zero-order chi connectivity index (χ0) is 18.4. The summed E-state index contributed by atoms with van der Waals surface area (Å²) in [4.78, 5) is 33.6. The molecule has 0 radical (unpaired) electrons. The Labute approximate surface area is 138 Å². The summed E-state index contributed by atoms with van der Waals surface area (Å²) in [6.07, 6.45) is -4.55. The second-order valence-corrected chi connectivity index (χ2v) is 4.80. The van der Waals surface area contributed by atoms with Crippen molar-refractivity contribution in [1.82, 2.24) is 5.32 Å². The highest BCUT2D eigenvalue weighted by molar-refractivity contribution is 5.81. The highest BCUT2D eigenvalue weighted by Gasteiger charge is 2.27. The fourth-order valence-corrected chi connectivity index (χ4v) is 1.71. The Bertz CT molecular complexity index is 830. The fraction of sp³-hybridized carbons (Fsp3) is 0.267. The first kappa shape index (κ1) is 18.3. The van der Waals surface area contributed by atoms with E-state index in [1.54, 1.807) is 17.4 Å². The third-order valence-electron chi connectivity index (χ3n) is 2.80. The molecule has 0 bridgehead atoms. The molecule has 134 valence electrons. The second kappa shape index (κ2) is 7.69. The van der Waals surface area contributed by atoms with Gasteiger partial charge in [-0.1, -0.05) is 0 Å². The number of amides is 1. The molecule has 25 heavy (non-hydrogen) atoms. The van der Waals surface area contributed by atoms with Gasteiger partial charge < -0.3 is 19.2 Å². The Hall–Kier alpha value is -3.04. The van der Waals surface area contributed by atoms with Crippen molar-refractivity contribution in [2.24, 2.45) is 0 Å². The Kier molecular flexibility index (Phi) is 5.63. The zero-order valence-corrected chi connectivity index (χ0v) is 12.6. The highest BCUT2D eigenvalue weighted by atomic mass is 19.4. The summed E-state index contributed by atoms with van der Waals surface area (Å²) >= 11 is 0. The number of fused-ring (bicyclic) bond motifs is 1. The smallest absolute Gasteiger partial charge is 0.405 e. The van der Waals surface area contributed by atoms with Gasteiger partial charge in [0.05, 0.1) is 0 Å². The predicted octanol–water partition coefficient (Wildman–Crippen LogP) is 1.39. The number of esters is 1. The molecule has 10 heteroatoms. The lowest BCUT2D eigenvalue weighted by Crippen LogP contribution is -2.36. The average molecular weight is 359 g/mol. The van der Waals surface area contributed by atoms with Crippen molar-refractivity contribution in [3.05, 3.63) is 40.8 Å². The van der Waals surface area contributed by atoms with Crippen molar-refractivity contribution in [2.45, 2.75) is 6.18 Å². The molecule has 1 heterocycles. The Morgan fingerprint density at radius 3 is 2.56 bits per heavy atom. The van der Waals surface area contributed by atoms with E-state index in [0.29, 0.717) is 5.39 Å². The molecule has 7 nitrogen and oxygen atoms in total. The maximum Gasteiger partial charge on any atom is 0.405 e. The van der Waals surface area contributed by atoms with Gasteiger partial charge in [0.1, 0.15) is 17.9 Å². The molecule has 0 atom stereocenters. The van der Waals surface area contributed by atoms with Crippen molar-refractivity contribution < 1.29 is 36.7 Å². The first-order chi connectivity index (χ1) is 11.7. The summed E-state index contributed by atoms with van der Waals surface area (Å²) in [6, 6.07) is 7.32. The number of halogens is 3. The number of rotatable bonds is 6. The normalized spacial score (nSPS) is 11.2. The van der Waals surface area contributed by atoms with Gasteiger partial charge in [0.2, 0.25) is 0 Å². The SMILES string of the molecule is O=C(COC(=O)COc1ccc2ccc(=O)oc2c1)NCC(F)(F)F. The summed E-state index contributed by atoms with van der Waals surface area (Å²) < 4.78 is 50.2. The molecular formula is C15H12F3NO6. The number of carbonyl (C=O) groups is 2. The summed E-state index contributed by atoms with van der Waals surface area (Å²) in [5.74, 6) is -1.82. The maximum absolute atomic E-state index is 11.9. The van der Waals surface area contributed by atoms with E-state index in [1.165, 1.54) is 18.2 Å². The van der Waals surface area contributed by atoms with Gasteiger partial charge in [0.15, 0.2) is 13.2 Å². The summed E-state index contributed by atoms with van der Waals surface area (Å²) in [6.45, 7) is -2.94. The van der Waals surface area contributed by atoms with Crippen LogP contribution in [0.15, 0.2) is 39.5 Å². The molecule has 0 aliphatic heterocycles. The van der Waals surface area contributed by atoms with E-state index in [1.807, 2.05) is 0 Å². The Morgan fingerprint density at radius 1 is 1.12 bits per heavy atom. The fourth-order valence-electron chi connectivity index (χ4n) is 1.71. The first-order valence-corrected chi connectivity index (χ1v) is 6.89. The summed E-state index contributed by atoms with van der Waals surface area (Å²) in [5, 5.41) is 2.20. The quantitative estimate of drug-likeness (QED) is 0.619. The van der Waals surface area contributed by atoms with Crippen LogP contribution in [0.2, 0.25) is 0 Å². The van der Waals surface area contributed by atoms with Crippen LogP contribution in [0.5, 0.6) is 5.75 Å². The van der Waals surface area contributed by atoms with Crippen LogP contribution in [-0.2, 0) is 14.3 Å². The molecule has 2 aromatic rings. The number of ether oxygens (including phenoxy) is 2. The number of nitrogens with one attached hydrogen (secondary N) is 1. The Morgan fingerprint density at radius 2 is 1.84 bits per heavy atom. The number of carbonyl (C=O) groups excluding carboxylic acids is 2. The lowest BCUT2D eigenvalue weighted by Gasteiger charge is -2.09. The lowest BCUT2D eigenvalue weighted by atomic mass is 10.2. The standard InChI is InChI=1S/C15H12F3NO6/c16-15(17,18)8-19-12(20)6-24-14(22)7-23-10-3-1-9-2-4-13(21)25-11(9)5-10/h1-5H,6-8H2,(H,19,20). The van der Waals surface area contributed by atoms with Crippen molar-refractivity contribution >= 4 is 22.8 Å². The van der Waals surface area contributed by atoms with Crippen LogP contribution in [0.25, 0.3) is 11.0 Å². The molecular weight excluding hydrogens is 347 g/mol. The molecule has 0 spiro atoms. The molecule has 0 unspecified atom stereocenters.